The fourth-order valence-corrected chi connectivity index (χ4v) is 3.76. The van der Waals surface area contributed by atoms with E-state index in [-0.39, 0.29) is 15.4 Å². The van der Waals surface area contributed by atoms with Crippen molar-refractivity contribution in [3.05, 3.63) is 29.8 Å². The summed E-state index contributed by atoms with van der Waals surface area (Å²) in [5.74, 6) is -0.339. The SMILES string of the molecule is CC(=O)Nc1nnc(S(=O)(=O)Nc2ccc(CBr)cc2)s1. The molecule has 0 aliphatic carbocycles. The highest BCUT2D eigenvalue weighted by Crippen LogP contribution is 2.22. The molecule has 0 atom stereocenters. The Bertz CT molecular complexity index is 743. The maximum Gasteiger partial charge on any atom is 0.291 e. The van der Waals surface area contributed by atoms with Gasteiger partial charge in [-0.1, -0.05) is 39.4 Å². The lowest BCUT2D eigenvalue weighted by atomic mass is 10.2. The molecule has 0 saturated carbocycles. The summed E-state index contributed by atoms with van der Waals surface area (Å²) in [6.45, 7) is 1.30. The largest absolute Gasteiger partial charge is 0.301 e. The summed E-state index contributed by atoms with van der Waals surface area (Å²) in [7, 11) is -3.82. The molecule has 1 heterocycles. The van der Waals surface area contributed by atoms with Gasteiger partial charge in [0.05, 0.1) is 0 Å². The van der Waals surface area contributed by atoms with E-state index in [1.807, 2.05) is 0 Å². The number of anilines is 2. The minimum absolute atomic E-state index is 0.137. The van der Waals surface area contributed by atoms with Crippen LogP contribution in [0.25, 0.3) is 0 Å². The van der Waals surface area contributed by atoms with Crippen molar-refractivity contribution in [2.24, 2.45) is 0 Å². The zero-order valence-corrected chi connectivity index (χ0v) is 14.0. The Labute approximate surface area is 134 Å². The van der Waals surface area contributed by atoms with Crippen LogP contribution in [-0.4, -0.2) is 24.5 Å². The highest BCUT2D eigenvalue weighted by molar-refractivity contribution is 9.08. The summed E-state index contributed by atoms with van der Waals surface area (Å²) >= 11 is 4.10. The van der Waals surface area contributed by atoms with Gasteiger partial charge in [0, 0.05) is 17.9 Å². The third-order valence-corrected chi connectivity index (χ3v) is 5.51. The highest BCUT2D eigenvalue weighted by Gasteiger charge is 2.20. The summed E-state index contributed by atoms with van der Waals surface area (Å²) in [4.78, 5) is 10.9. The van der Waals surface area contributed by atoms with Crippen molar-refractivity contribution in [3.8, 4) is 0 Å². The van der Waals surface area contributed by atoms with Crippen LogP contribution in [0.4, 0.5) is 10.8 Å². The van der Waals surface area contributed by atoms with Gasteiger partial charge in [0.25, 0.3) is 14.4 Å². The lowest BCUT2D eigenvalue weighted by molar-refractivity contribution is -0.114. The maximum absolute atomic E-state index is 12.1. The minimum atomic E-state index is -3.82. The fraction of sp³-hybridized carbons (Fsp3) is 0.182. The molecule has 10 heteroatoms. The second-order valence-corrected chi connectivity index (χ2v) is 7.38. The molecule has 1 amide bonds. The molecule has 2 aromatic rings. The number of rotatable bonds is 5. The first-order chi connectivity index (χ1) is 9.90. The van der Waals surface area contributed by atoms with Crippen LogP contribution in [0.1, 0.15) is 12.5 Å². The third-order valence-electron chi connectivity index (χ3n) is 2.28. The number of hydrogen-bond donors (Lipinski definition) is 2. The van der Waals surface area contributed by atoms with E-state index in [1.54, 1.807) is 24.3 Å². The van der Waals surface area contributed by atoms with Crippen LogP contribution in [0.2, 0.25) is 0 Å². The lowest BCUT2D eigenvalue weighted by Gasteiger charge is -2.05. The molecule has 0 fully saturated rings. The quantitative estimate of drug-likeness (QED) is 0.601. The Balaban J connectivity index is 2.17. The van der Waals surface area contributed by atoms with Gasteiger partial charge in [-0.05, 0) is 17.7 Å². The predicted octanol–water partition coefficient (Wildman–Crippen LogP) is 2.19. The molecular formula is C11H11BrN4O3S2. The molecule has 0 radical (unpaired) electrons. The van der Waals surface area contributed by atoms with Crippen LogP contribution in [0.3, 0.4) is 0 Å². The molecule has 0 unspecified atom stereocenters. The van der Waals surface area contributed by atoms with Crippen LogP contribution >= 0.6 is 27.3 Å². The molecule has 21 heavy (non-hydrogen) atoms. The molecule has 0 spiro atoms. The van der Waals surface area contributed by atoms with Crippen LogP contribution < -0.4 is 10.0 Å². The zero-order valence-electron chi connectivity index (χ0n) is 10.8. The van der Waals surface area contributed by atoms with Crippen LogP contribution in [0.15, 0.2) is 28.6 Å². The van der Waals surface area contributed by atoms with Gasteiger partial charge < -0.3 is 5.32 Å². The smallest absolute Gasteiger partial charge is 0.291 e. The molecule has 0 saturated heterocycles. The number of carbonyl (C=O) groups is 1. The number of halogens is 1. The molecule has 2 N–H and O–H groups in total. The second-order valence-electron chi connectivity index (χ2n) is 3.99. The van der Waals surface area contributed by atoms with Crippen LogP contribution in [0, 0.1) is 0 Å². The molecule has 1 aromatic heterocycles. The third kappa shape index (κ3) is 4.22. The van der Waals surface area contributed by atoms with Crippen molar-refractivity contribution in [2.75, 3.05) is 10.0 Å². The van der Waals surface area contributed by atoms with Gasteiger partial charge in [0.2, 0.25) is 11.0 Å². The standard InChI is InChI=1S/C11H11BrN4O3S2/c1-7(17)13-10-14-15-11(20-10)21(18,19)16-9-4-2-8(6-12)3-5-9/h2-5,16H,6H2,1H3,(H,13,14,17). The van der Waals surface area contributed by atoms with Crippen LogP contribution in [-0.2, 0) is 20.1 Å². The Hall–Kier alpha value is -1.52. The van der Waals surface area contributed by atoms with Crippen molar-refractivity contribution in [1.82, 2.24) is 10.2 Å². The Kier molecular flexibility index (Phi) is 4.91. The number of nitrogens with one attached hydrogen (secondary N) is 2. The van der Waals surface area contributed by atoms with E-state index in [4.69, 9.17) is 0 Å². The number of amides is 1. The molecule has 1 aromatic carbocycles. The summed E-state index contributed by atoms with van der Waals surface area (Å²) in [5, 5.41) is 10.4. The Morgan fingerprint density at radius 2 is 1.95 bits per heavy atom. The number of benzene rings is 1. The predicted molar refractivity (Wildman–Crippen MR) is 84.1 cm³/mol. The molecule has 0 bridgehead atoms. The minimum Gasteiger partial charge on any atom is -0.301 e. The highest BCUT2D eigenvalue weighted by atomic mass is 79.9. The first-order valence-corrected chi connectivity index (χ1v) is 9.11. The number of nitrogens with zero attached hydrogens (tertiary/aromatic N) is 2. The van der Waals surface area contributed by atoms with E-state index >= 15 is 0 Å². The van der Waals surface area contributed by atoms with E-state index in [0.29, 0.717) is 11.0 Å². The Morgan fingerprint density at radius 1 is 1.29 bits per heavy atom. The van der Waals surface area contributed by atoms with Crippen molar-refractivity contribution in [1.29, 1.82) is 0 Å². The number of alkyl halides is 1. The summed E-state index contributed by atoms with van der Waals surface area (Å²) in [6, 6.07) is 6.92. The average Bonchev–Trinajstić information content (AvgIpc) is 2.88. The molecule has 2 rings (SSSR count). The van der Waals surface area contributed by atoms with Crippen LogP contribution in [0.5, 0.6) is 0 Å². The first kappa shape index (κ1) is 15.9. The second kappa shape index (κ2) is 6.50. The summed E-state index contributed by atoms with van der Waals surface area (Å²) < 4.78 is 26.5. The lowest BCUT2D eigenvalue weighted by Crippen LogP contribution is -2.12. The number of aromatic nitrogens is 2. The number of hydrogen-bond acceptors (Lipinski definition) is 6. The topological polar surface area (TPSA) is 101 Å². The van der Waals surface area contributed by atoms with Crippen molar-refractivity contribution in [2.45, 2.75) is 16.6 Å². The van der Waals surface area contributed by atoms with E-state index in [9.17, 15) is 13.2 Å². The fourth-order valence-electron chi connectivity index (χ4n) is 1.38. The summed E-state index contributed by atoms with van der Waals surface area (Å²) in [6.07, 6.45) is 0. The van der Waals surface area contributed by atoms with Gasteiger partial charge in [-0.2, -0.15) is 8.42 Å². The average molecular weight is 391 g/mol. The van der Waals surface area contributed by atoms with Gasteiger partial charge in [0.1, 0.15) is 0 Å². The molecule has 112 valence electrons. The maximum atomic E-state index is 12.1. The van der Waals surface area contributed by atoms with E-state index in [0.717, 1.165) is 16.9 Å². The van der Waals surface area contributed by atoms with Gasteiger partial charge in [-0.3, -0.25) is 9.52 Å². The van der Waals surface area contributed by atoms with E-state index < -0.39 is 10.0 Å². The monoisotopic (exact) mass is 390 g/mol. The van der Waals surface area contributed by atoms with Crippen molar-refractivity contribution in [3.63, 3.8) is 0 Å². The molecule has 0 aliphatic heterocycles. The van der Waals surface area contributed by atoms with E-state index in [1.165, 1.54) is 6.92 Å². The van der Waals surface area contributed by atoms with Crippen molar-refractivity contribution < 1.29 is 13.2 Å². The first-order valence-electron chi connectivity index (χ1n) is 5.69. The van der Waals surface area contributed by atoms with E-state index in [2.05, 4.69) is 36.2 Å². The zero-order chi connectivity index (χ0) is 15.5. The molecular weight excluding hydrogens is 380 g/mol. The molecule has 0 aliphatic rings. The van der Waals surface area contributed by atoms with Gasteiger partial charge in [-0.15, -0.1) is 10.2 Å². The summed E-state index contributed by atoms with van der Waals surface area (Å²) in [5.41, 5.74) is 1.46. The van der Waals surface area contributed by atoms with Gasteiger partial charge in [-0.25, -0.2) is 0 Å². The van der Waals surface area contributed by atoms with Gasteiger partial charge in [0.15, 0.2) is 0 Å². The Morgan fingerprint density at radius 3 is 2.52 bits per heavy atom. The molecule has 7 nitrogen and oxygen atoms in total. The van der Waals surface area contributed by atoms with Crippen molar-refractivity contribution >= 4 is 54.0 Å². The van der Waals surface area contributed by atoms with Gasteiger partial charge >= 0.3 is 0 Å². The normalized spacial score (nSPS) is 11.1. The number of sulfonamides is 1. The number of carbonyl (C=O) groups excluding carboxylic acids is 1.